The Bertz CT molecular complexity index is 1170. The Morgan fingerprint density at radius 2 is 1.94 bits per heavy atom. The van der Waals surface area contributed by atoms with Gasteiger partial charge in [-0.25, -0.2) is 13.2 Å². The summed E-state index contributed by atoms with van der Waals surface area (Å²) in [5, 5.41) is 12.8. The molecule has 7 nitrogen and oxygen atoms in total. The zero-order valence-electron chi connectivity index (χ0n) is 17.5. The van der Waals surface area contributed by atoms with Crippen molar-refractivity contribution < 1.29 is 27.9 Å². The van der Waals surface area contributed by atoms with Crippen molar-refractivity contribution in [1.82, 2.24) is 14.8 Å². The molecular formula is C22H22F3N3O4. The van der Waals surface area contributed by atoms with Crippen LogP contribution >= 0.6 is 0 Å². The molecule has 0 saturated carbocycles. The highest BCUT2D eigenvalue weighted by molar-refractivity contribution is 5.99. The Morgan fingerprint density at radius 1 is 1.28 bits per heavy atom. The molecule has 2 aliphatic heterocycles. The van der Waals surface area contributed by atoms with E-state index >= 15 is 0 Å². The van der Waals surface area contributed by atoms with Gasteiger partial charge >= 0.3 is 0 Å². The number of rotatable bonds is 3. The van der Waals surface area contributed by atoms with Crippen LogP contribution in [0.5, 0.6) is 5.75 Å². The van der Waals surface area contributed by atoms with Gasteiger partial charge in [-0.05, 0) is 38.0 Å². The number of alkyl halides is 1. The van der Waals surface area contributed by atoms with Crippen molar-refractivity contribution in [2.45, 2.75) is 44.9 Å². The topological polar surface area (TPSA) is 91.6 Å². The molecule has 1 aromatic carbocycles. The standard InChI is InChI=1S/C22H22F3N3O4/c1-11-5-15(24)13(16(25)6-11)8-26-20(31)14-9-28-17(19(30)18(14)29)21(32)27-4-3-12(23)7-22(28,2)10-27/h5-6,9,12,30H,3-4,7-8,10H2,1-2H3,(H,26,31)/t12?,22-/m0/s1. The van der Waals surface area contributed by atoms with Crippen LogP contribution in [0.3, 0.4) is 0 Å². The van der Waals surface area contributed by atoms with Gasteiger partial charge in [0.15, 0.2) is 11.4 Å². The summed E-state index contributed by atoms with van der Waals surface area (Å²) in [6.07, 6.45) is 0.0477. The van der Waals surface area contributed by atoms with Gasteiger partial charge in [0.2, 0.25) is 5.43 Å². The van der Waals surface area contributed by atoms with Crippen LogP contribution < -0.4 is 10.7 Å². The number of nitrogens with one attached hydrogen (secondary N) is 1. The van der Waals surface area contributed by atoms with Crippen molar-refractivity contribution >= 4 is 11.8 Å². The molecule has 2 amide bonds. The molecule has 0 radical (unpaired) electrons. The number of benzene rings is 1. The number of amides is 2. The van der Waals surface area contributed by atoms with Crippen molar-refractivity contribution in [3.05, 3.63) is 62.6 Å². The minimum Gasteiger partial charge on any atom is -0.503 e. The van der Waals surface area contributed by atoms with Gasteiger partial charge in [0.05, 0.1) is 5.54 Å². The summed E-state index contributed by atoms with van der Waals surface area (Å²) >= 11 is 0. The second-order valence-corrected chi connectivity index (χ2v) is 8.64. The zero-order chi connectivity index (χ0) is 23.4. The Labute approximate surface area is 181 Å². The van der Waals surface area contributed by atoms with Gasteiger partial charge in [-0.15, -0.1) is 0 Å². The third-order valence-electron chi connectivity index (χ3n) is 6.12. The molecule has 10 heteroatoms. The van der Waals surface area contributed by atoms with E-state index in [-0.39, 0.29) is 37.2 Å². The van der Waals surface area contributed by atoms with Crippen LogP contribution in [0.15, 0.2) is 23.1 Å². The smallest absolute Gasteiger partial charge is 0.274 e. The first-order valence-electron chi connectivity index (χ1n) is 10.2. The van der Waals surface area contributed by atoms with E-state index < -0.39 is 58.4 Å². The Balaban J connectivity index is 1.72. The van der Waals surface area contributed by atoms with Crippen LogP contribution in [0, 0.1) is 18.6 Å². The first-order chi connectivity index (χ1) is 15.0. The SMILES string of the molecule is Cc1cc(F)c(CNC(=O)c2cn3c(c(O)c2=O)C(=O)N2CCC(F)C[C@@]3(C)C2)c(F)c1. The molecule has 2 aromatic rings. The zero-order valence-corrected chi connectivity index (χ0v) is 17.5. The number of carbonyl (C=O) groups is 2. The minimum absolute atomic E-state index is 0.0208. The van der Waals surface area contributed by atoms with Gasteiger partial charge in [0.25, 0.3) is 11.8 Å². The Morgan fingerprint density at radius 3 is 2.59 bits per heavy atom. The average Bonchev–Trinajstić information content (AvgIpc) is 2.84. The molecule has 2 bridgehead atoms. The summed E-state index contributed by atoms with van der Waals surface area (Å²) in [6, 6.07) is 2.23. The number of aromatic nitrogens is 1. The number of halogens is 3. The molecule has 2 aliphatic rings. The molecule has 170 valence electrons. The van der Waals surface area contributed by atoms with Crippen molar-refractivity contribution in [1.29, 1.82) is 0 Å². The van der Waals surface area contributed by atoms with Gasteiger partial charge in [-0.1, -0.05) is 0 Å². The number of aryl methyl sites for hydroxylation is 1. The molecule has 0 spiro atoms. The largest absolute Gasteiger partial charge is 0.503 e. The maximum absolute atomic E-state index is 14.4. The van der Waals surface area contributed by atoms with E-state index in [0.717, 1.165) is 18.3 Å². The maximum atomic E-state index is 14.4. The lowest BCUT2D eigenvalue weighted by molar-refractivity contribution is 0.0586. The summed E-state index contributed by atoms with van der Waals surface area (Å²) in [7, 11) is 0. The number of fused-ring (bicyclic) bond motifs is 4. The van der Waals surface area contributed by atoms with E-state index in [9.17, 15) is 32.7 Å². The molecule has 4 rings (SSSR count). The number of nitrogens with zero attached hydrogens (tertiary/aromatic N) is 2. The van der Waals surface area contributed by atoms with E-state index in [1.807, 2.05) is 0 Å². The molecule has 3 heterocycles. The fourth-order valence-electron chi connectivity index (χ4n) is 4.48. The average molecular weight is 449 g/mol. The quantitative estimate of drug-likeness (QED) is 0.753. The Hall–Kier alpha value is -3.30. The van der Waals surface area contributed by atoms with Gasteiger partial charge in [0.1, 0.15) is 23.4 Å². The van der Waals surface area contributed by atoms with Crippen molar-refractivity contribution in [2.24, 2.45) is 0 Å². The molecule has 0 aliphatic carbocycles. The molecule has 1 unspecified atom stereocenters. The lowest BCUT2D eigenvalue weighted by atomic mass is 9.91. The molecular weight excluding hydrogens is 427 g/mol. The van der Waals surface area contributed by atoms with E-state index in [1.165, 1.54) is 16.4 Å². The van der Waals surface area contributed by atoms with Crippen LogP contribution in [-0.2, 0) is 12.1 Å². The van der Waals surface area contributed by atoms with Crippen LogP contribution in [0.4, 0.5) is 13.2 Å². The number of carbonyl (C=O) groups excluding carboxylic acids is 2. The molecule has 1 fully saturated rings. The number of aromatic hydroxyl groups is 1. The summed E-state index contributed by atoms with van der Waals surface area (Å²) in [5.74, 6) is -4.22. The summed E-state index contributed by atoms with van der Waals surface area (Å²) in [6.45, 7) is 2.97. The van der Waals surface area contributed by atoms with Crippen molar-refractivity contribution in [3.63, 3.8) is 0 Å². The van der Waals surface area contributed by atoms with Crippen LogP contribution in [-0.4, -0.2) is 45.6 Å². The predicted molar refractivity (Wildman–Crippen MR) is 108 cm³/mol. The summed E-state index contributed by atoms with van der Waals surface area (Å²) < 4.78 is 43.8. The molecule has 1 saturated heterocycles. The fraction of sp³-hybridized carbons (Fsp3) is 0.409. The Kier molecular flexibility index (Phi) is 5.26. The summed E-state index contributed by atoms with van der Waals surface area (Å²) in [5.41, 5.74) is -2.91. The molecule has 1 aromatic heterocycles. The second kappa shape index (κ2) is 7.68. The van der Waals surface area contributed by atoms with Crippen molar-refractivity contribution in [2.75, 3.05) is 13.1 Å². The van der Waals surface area contributed by atoms with Crippen LogP contribution in [0.1, 0.15) is 51.7 Å². The van der Waals surface area contributed by atoms with Gasteiger partial charge in [-0.3, -0.25) is 14.4 Å². The third kappa shape index (κ3) is 3.53. The monoisotopic (exact) mass is 449 g/mol. The maximum Gasteiger partial charge on any atom is 0.274 e. The molecule has 2 atom stereocenters. The lowest BCUT2D eigenvalue weighted by Crippen LogP contribution is -2.52. The van der Waals surface area contributed by atoms with Crippen molar-refractivity contribution in [3.8, 4) is 5.75 Å². The number of hydrogen-bond donors (Lipinski definition) is 2. The van der Waals surface area contributed by atoms with E-state index in [0.29, 0.717) is 5.56 Å². The minimum atomic E-state index is -1.21. The molecule has 32 heavy (non-hydrogen) atoms. The van der Waals surface area contributed by atoms with E-state index in [1.54, 1.807) is 6.92 Å². The van der Waals surface area contributed by atoms with Gasteiger partial charge in [-0.2, -0.15) is 0 Å². The first-order valence-corrected chi connectivity index (χ1v) is 10.2. The first kappa shape index (κ1) is 21.9. The number of hydrogen-bond acceptors (Lipinski definition) is 4. The fourth-order valence-corrected chi connectivity index (χ4v) is 4.48. The second-order valence-electron chi connectivity index (χ2n) is 8.64. The van der Waals surface area contributed by atoms with Gasteiger partial charge < -0.3 is 19.9 Å². The highest BCUT2D eigenvalue weighted by atomic mass is 19.1. The highest BCUT2D eigenvalue weighted by Crippen LogP contribution is 2.37. The number of pyridine rings is 1. The lowest BCUT2D eigenvalue weighted by Gasteiger charge is -2.42. The highest BCUT2D eigenvalue weighted by Gasteiger charge is 2.45. The molecule has 2 N–H and O–H groups in total. The van der Waals surface area contributed by atoms with Crippen LogP contribution in [0.2, 0.25) is 0 Å². The van der Waals surface area contributed by atoms with Gasteiger partial charge in [0, 0.05) is 37.8 Å². The summed E-state index contributed by atoms with van der Waals surface area (Å²) in [4.78, 5) is 39.6. The third-order valence-corrected chi connectivity index (χ3v) is 6.12. The predicted octanol–water partition coefficient (Wildman–Crippen LogP) is 2.37. The van der Waals surface area contributed by atoms with Crippen LogP contribution in [0.25, 0.3) is 0 Å². The normalized spacial score (nSPS) is 22.3. The van der Waals surface area contributed by atoms with E-state index in [4.69, 9.17) is 0 Å². The van der Waals surface area contributed by atoms with E-state index in [2.05, 4.69) is 5.32 Å².